The van der Waals surface area contributed by atoms with Gasteiger partial charge in [-0.25, -0.2) is 0 Å². The van der Waals surface area contributed by atoms with Crippen LogP contribution < -0.4 is 4.74 Å². The Morgan fingerprint density at radius 1 is 1.23 bits per heavy atom. The Hall–Kier alpha value is -2.11. The van der Waals surface area contributed by atoms with Gasteiger partial charge in [0.25, 0.3) is 5.89 Å². The van der Waals surface area contributed by atoms with Crippen LogP contribution in [0.1, 0.15) is 18.9 Å². The van der Waals surface area contributed by atoms with Gasteiger partial charge in [-0.05, 0) is 31.2 Å². The van der Waals surface area contributed by atoms with E-state index in [-0.39, 0.29) is 0 Å². The average molecular weight is 336 g/mol. The van der Waals surface area contributed by atoms with Crippen LogP contribution in [0.2, 0.25) is 10.0 Å². The molecule has 0 N–H and O–H groups in total. The van der Waals surface area contributed by atoms with E-state index in [4.69, 9.17) is 32.5 Å². The van der Waals surface area contributed by atoms with Crippen molar-refractivity contribution in [2.45, 2.75) is 13.0 Å². The molecule has 0 aliphatic heterocycles. The molecule has 0 unspecified atom stereocenters. The monoisotopic (exact) mass is 335 g/mol. The standard InChI is InChI=1S/C15H11Cl2N3O2/c1-9(21-13-7-11(16)4-5-12(13)17)15-19-14(20-22-15)10-3-2-6-18-8-10/h2-9H,1H3/t9-/m1/s1. The summed E-state index contributed by atoms with van der Waals surface area (Å²) in [5.41, 5.74) is 0.769. The van der Waals surface area contributed by atoms with Crippen molar-refractivity contribution in [1.29, 1.82) is 0 Å². The van der Waals surface area contributed by atoms with E-state index in [9.17, 15) is 0 Å². The summed E-state index contributed by atoms with van der Waals surface area (Å²) >= 11 is 12.0. The van der Waals surface area contributed by atoms with Crippen LogP contribution >= 0.6 is 23.2 Å². The molecule has 0 saturated carbocycles. The Labute approximate surface area is 136 Å². The van der Waals surface area contributed by atoms with E-state index >= 15 is 0 Å². The number of hydrogen-bond acceptors (Lipinski definition) is 5. The highest BCUT2D eigenvalue weighted by Gasteiger charge is 2.18. The van der Waals surface area contributed by atoms with E-state index in [1.54, 1.807) is 43.6 Å². The van der Waals surface area contributed by atoms with Crippen LogP contribution in [0.5, 0.6) is 5.75 Å². The molecule has 0 aliphatic carbocycles. The molecule has 0 spiro atoms. The molecule has 1 aromatic carbocycles. The second-order valence-corrected chi connectivity index (χ2v) is 5.38. The minimum atomic E-state index is -0.464. The summed E-state index contributed by atoms with van der Waals surface area (Å²) in [6, 6.07) is 8.65. The van der Waals surface area contributed by atoms with Gasteiger partial charge in [-0.15, -0.1) is 0 Å². The average Bonchev–Trinajstić information content (AvgIpc) is 3.02. The van der Waals surface area contributed by atoms with Gasteiger partial charge in [-0.1, -0.05) is 28.4 Å². The normalized spacial score (nSPS) is 12.1. The zero-order valence-electron chi connectivity index (χ0n) is 11.5. The maximum absolute atomic E-state index is 6.07. The summed E-state index contributed by atoms with van der Waals surface area (Å²) in [5, 5.41) is 4.92. The largest absolute Gasteiger partial charge is 0.479 e. The lowest BCUT2D eigenvalue weighted by Crippen LogP contribution is -2.04. The fraction of sp³-hybridized carbons (Fsp3) is 0.133. The third kappa shape index (κ3) is 3.21. The van der Waals surface area contributed by atoms with Crippen LogP contribution in [0.25, 0.3) is 11.4 Å². The van der Waals surface area contributed by atoms with Gasteiger partial charge < -0.3 is 9.26 Å². The third-order valence-electron chi connectivity index (χ3n) is 2.91. The van der Waals surface area contributed by atoms with Crippen molar-refractivity contribution >= 4 is 23.2 Å². The first-order chi connectivity index (χ1) is 10.6. The summed E-state index contributed by atoms with van der Waals surface area (Å²) < 4.78 is 11.0. The van der Waals surface area contributed by atoms with Gasteiger partial charge in [-0.3, -0.25) is 4.98 Å². The van der Waals surface area contributed by atoms with Crippen molar-refractivity contribution in [3.63, 3.8) is 0 Å². The minimum Gasteiger partial charge on any atom is -0.479 e. The van der Waals surface area contributed by atoms with Crippen LogP contribution in [0.15, 0.2) is 47.2 Å². The Bertz CT molecular complexity index is 777. The van der Waals surface area contributed by atoms with Gasteiger partial charge in [0, 0.05) is 29.0 Å². The van der Waals surface area contributed by atoms with Crippen LogP contribution in [-0.2, 0) is 0 Å². The summed E-state index contributed by atoms with van der Waals surface area (Å²) in [5.74, 6) is 1.26. The molecule has 0 fully saturated rings. The third-order valence-corrected chi connectivity index (χ3v) is 3.45. The number of ether oxygens (including phenoxy) is 1. The van der Waals surface area contributed by atoms with Gasteiger partial charge in [0.05, 0.1) is 5.02 Å². The molecule has 112 valence electrons. The molecule has 22 heavy (non-hydrogen) atoms. The van der Waals surface area contributed by atoms with Crippen LogP contribution in [0.3, 0.4) is 0 Å². The van der Waals surface area contributed by atoms with Crippen molar-refractivity contribution in [3.05, 3.63) is 58.7 Å². The number of pyridine rings is 1. The van der Waals surface area contributed by atoms with Crippen molar-refractivity contribution in [2.24, 2.45) is 0 Å². The van der Waals surface area contributed by atoms with Crippen LogP contribution in [-0.4, -0.2) is 15.1 Å². The van der Waals surface area contributed by atoms with E-state index in [1.165, 1.54) is 0 Å². The lowest BCUT2D eigenvalue weighted by Gasteiger charge is -2.12. The predicted molar refractivity (Wildman–Crippen MR) is 83.0 cm³/mol. The maximum Gasteiger partial charge on any atom is 0.267 e. The minimum absolute atomic E-state index is 0.342. The van der Waals surface area contributed by atoms with E-state index in [2.05, 4.69) is 15.1 Å². The quantitative estimate of drug-likeness (QED) is 0.698. The van der Waals surface area contributed by atoms with Gasteiger partial charge in [0.15, 0.2) is 6.10 Å². The van der Waals surface area contributed by atoms with Crippen molar-refractivity contribution in [1.82, 2.24) is 15.1 Å². The molecule has 0 radical (unpaired) electrons. The summed E-state index contributed by atoms with van der Waals surface area (Å²) in [4.78, 5) is 8.33. The molecular formula is C15H11Cl2N3O2. The number of aromatic nitrogens is 3. The van der Waals surface area contributed by atoms with E-state index < -0.39 is 6.10 Å². The zero-order chi connectivity index (χ0) is 15.5. The van der Waals surface area contributed by atoms with Gasteiger partial charge in [-0.2, -0.15) is 4.98 Å². The second-order valence-electron chi connectivity index (χ2n) is 4.53. The van der Waals surface area contributed by atoms with Crippen molar-refractivity contribution in [2.75, 3.05) is 0 Å². The number of nitrogens with zero attached hydrogens (tertiary/aromatic N) is 3. The Balaban J connectivity index is 1.80. The number of rotatable bonds is 4. The predicted octanol–water partition coefficient (Wildman–Crippen LogP) is 4.58. The first kappa shape index (κ1) is 14.8. The zero-order valence-corrected chi connectivity index (χ0v) is 13.0. The Morgan fingerprint density at radius 2 is 2.09 bits per heavy atom. The Kier molecular flexibility index (Phi) is 4.27. The fourth-order valence-electron chi connectivity index (χ4n) is 1.82. The summed E-state index contributed by atoms with van der Waals surface area (Å²) in [7, 11) is 0. The van der Waals surface area contributed by atoms with Gasteiger partial charge >= 0.3 is 0 Å². The smallest absolute Gasteiger partial charge is 0.267 e. The molecule has 3 rings (SSSR count). The maximum atomic E-state index is 6.07. The molecule has 2 aromatic heterocycles. The van der Waals surface area contributed by atoms with Gasteiger partial charge in [0.2, 0.25) is 5.82 Å². The highest BCUT2D eigenvalue weighted by molar-refractivity contribution is 6.34. The first-order valence-corrected chi connectivity index (χ1v) is 7.25. The molecule has 0 bridgehead atoms. The summed E-state index contributed by atoms with van der Waals surface area (Å²) in [6.45, 7) is 1.79. The topological polar surface area (TPSA) is 61.0 Å². The molecule has 3 aromatic rings. The molecular weight excluding hydrogens is 325 g/mol. The summed E-state index contributed by atoms with van der Waals surface area (Å²) in [6.07, 6.45) is 2.87. The number of halogens is 2. The molecule has 0 amide bonds. The highest BCUT2D eigenvalue weighted by atomic mass is 35.5. The lowest BCUT2D eigenvalue weighted by atomic mass is 10.3. The molecule has 7 heteroatoms. The molecule has 1 atom stereocenters. The lowest BCUT2D eigenvalue weighted by molar-refractivity contribution is 0.176. The van der Waals surface area contributed by atoms with E-state index in [0.717, 1.165) is 5.56 Å². The van der Waals surface area contributed by atoms with E-state index in [0.29, 0.717) is 27.5 Å². The number of hydrogen-bond donors (Lipinski definition) is 0. The number of benzene rings is 1. The van der Waals surface area contributed by atoms with Crippen molar-refractivity contribution < 1.29 is 9.26 Å². The first-order valence-electron chi connectivity index (χ1n) is 6.49. The highest BCUT2D eigenvalue weighted by Crippen LogP contribution is 2.31. The van der Waals surface area contributed by atoms with Crippen molar-refractivity contribution in [3.8, 4) is 17.1 Å². The van der Waals surface area contributed by atoms with Crippen LogP contribution in [0.4, 0.5) is 0 Å². The SMILES string of the molecule is C[C@@H](Oc1cc(Cl)ccc1Cl)c1nc(-c2cccnc2)no1. The fourth-order valence-corrected chi connectivity index (χ4v) is 2.15. The molecule has 0 aliphatic rings. The van der Waals surface area contributed by atoms with Crippen LogP contribution in [0, 0.1) is 0 Å². The molecule has 0 saturated heterocycles. The van der Waals surface area contributed by atoms with Gasteiger partial charge in [0.1, 0.15) is 5.75 Å². The molecule has 5 nitrogen and oxygen atoms in total. The van der Waals surface area contributed by atoms with E-state index in [1.807, 2.05) is 6.07 Å². The Morgan fingerprint density at radius 3 is 2.86 bits per heavy atom. The second kappa shape index (κ2) is 6.34. The molecule has 2 heterocycles.